The average molecular weight is 767 g/mol. The summed E-state index contributed by atoms with van der Waals surface area (Å²) in [6.07, 6.45) is 6.84. The number of thioether (sulfide) groups is 1. The SMILES string of the molecule is CCCCC1(CCCC)CN(c2ccccc2)c2cc(SC)c(OCC(=O)N[C@@H](C(=O)N(C)CC(=O)OC(C)(C)C)c3ccccc3)cc2S(=O)(=O)N1. The normalized spacial score (nSPS) is 15.4. The molecule has 1 aliphatic heterocycles. The standard InChI is InChI=1S/C40H54N4O7S2/c1-8-10-22-40(23-11-9-2)28-44(30-20-16-13-17-21-30)31-24-33(52-7)32(25-34(31)53(48,49)42-40)50-27-35(45)41-37(29-18-14-12-15-19-29)38(47)43(6)26-36(46)51-39(3,4)5/h12-21,24-25,37,42H,8-11,22-23,26-28H2,1-7H3,(H,41,45)/t37-/m1/s1. The molecule has 0 saturated heterocycles. The van der Waals surface area contributed by atoms with Gasteiger partial charge in [-0.2, -0.15) is 0 Å². The Kier molecular flexibility index (Phi) is 14.4. The first kappa shape index (κ1) is 41.7. The molecule has 0 aliphatic carbocycles. The Morgan fingerprint density at radius 3 is 2.15 bits per heavy atom. The highest BCUT2D eigenvalue weighted by Crippen LogP contribution is 2.44. The Balaban J connectivity index is 1.65. The number of anilines is 2. The largest absolute Gasteiger partial charge is 0.483 e. The van der Waals surface area contributed by atoms with E-state index in [-0.39, 0.29) is 17.2 Å². The van der Waals surface area contributed by atoms with Crippen LogP contribution in [0.5, 0.6) is 5.75 Å². The van der Waals surface area contributed by atoms with E-state index in [1.54, 1.807) is 51.1 Å². The molecule has 0 radical (unpaired) electrons. The van der Waals surface area contributed by atoms with Crippen LogP contribution >= 0.6 is 11.8 Å². The number of hydrogen-bond acceptors (Lipinski definition) is 9. The lowest BCUT2D eigenvalue weighted by molar-refractivity contribution is -0.158. The number of ether oxygens (including phenoxy) is 2. The Labute approximate surface area is 319 Å². The van der Waals surface area contributed by atoms with Gasteiger partial charge in [0.1, 0.15) is 28.8 Å². The molecule has 13 heteroatoms. The van der Waals surface area contributed by atoms with Crippen molar-refractivity contribution in [2.75, 3.05) is 37.9 Å². The molecule has 0 saturated carbocycles. The van der Waals surface area contributed by atoms with Gasteiger partial charge < -0.3 is 24.6 Å². The summed E-state index contributed by atoms with van der Waals surface area (Å²) in [7, 11) is -2.57. The first-order chi connectivity index (χ1) is 25.1. The molecule has 0 bridgehead atoms. The molecule has 0 spiro atoms. The molecule has 2 amide bonds. The molecule has 1 atom stereocenters. The number of likely N-dealkylation sites (N-methyl/N-ethyl adjacent to an activating group) is 1. The molecule has 11 nitrogen and oxygen atoms in total. The number of benzene rings is 3. The Morgan fingerprint density at radius 2 is 1.58 bits per heavy atom. The lowest BCUT2D eigenvalue weighted by Gasteiger charge is -2.37. The second-order valence-corrected chi connectivity index (χ2v) is 17.0. The number of amides is 2. The minimum absolute atomic E-state index is 0.0607. The van der Waals surface area contributed by atoms with E-state index in [1.165, 1.54) is 29.8 Å². The molecule has 1 heterocycles. The van der Waals surface area contributed by atoms with Crippen LogP contribution in [0.4, 0.5) is 11.4 Å². The van der Waals surface area contributed by atoms with Gasteiger partial charge in [0, 0.05) is 25.3 Å². The van der Waals surface area contributed by atoms with Gasteiger partial charge in [-0.3, -0.25) is 14.4 Å². The van der Waals surface area contributed by atoms with Crippen molar-refractivity contribution in [3.8, 4) is 5.75 Å². The van der Waals surface area contributed by atoms with Gasteiger partial charge in [0.15, 0.2) is 6.61 Å². The van der Waals surface area contributed by atoms with E-state index < -0.39 is 51.6 Å². The van der Waals surface area contributed by atoms with Crippen LogP contribution in [0.15, 0.2) is 82.6 Å². The Bertz CT molecular complexity index is 1810. The third-order valence-electron chi connectivity index (χ3n) is 8.93. The average Bonchev–Trinajstić information content (AvgIpc) is 3.21. The number of carbonyl (C=O) groups excluding carboxylic acids is 3. The van der Waals surface area contributed by atoms with Crippen molar-refractivity contribution in [2.45, 2.75) is 100 Å². The van der Waals surface area contributed by atoms with Gasteiger partial charge in [-0.1, -0.05) is 88.1 Å². The third-order valence-corrected chi connectivity index (χ3v) is 11.3. The maximum Gasteiger partial charge on any atom is 0.326 e. The van der Waals surface area contributed by atoms with Crippen molar-refractivity contribution in [3.63, 3.8) is 0 Å². The predicted molar refractivity (Wildman–Crippen MR) is 210 cm³/mol. The number of hydrogen-bond donors (Lipinski definition) is 2. The molecule has 4 rings (SSSR count). The minimum atomic E-state index is -4.04. The minimum Gasteiger partial charge on any atom is -0.483 e. The lowest BCUT2D eigenvalue weighted by atomic mass is 9.87. The van der Waals surface area contributed by atoms with Crippen LogP contribution in [0.25, 0.3) is 0 Å². The maximum absolute atomic E-state index is 14.3. The molecule has 3 aromatic carbocycles. The van der Waals surface area contributed by atoms with Gasteiger partial charge in [0.25, 0.3) is 5.91 Å². The molecule has 0 aromatic heterocycles. The second kappa shape index (κ2) is 18.3. The van der Waals surface area contributed by atoms with E-state index in [4.69, 9.17) is 9.47 Å². The number of para-hydroxylation sites is 1. The van der Waals surface area contributed by atoms with Crippen molar-refractivity contribution >= 4 is 50.9 Å². The van der Waals surface area contributed by atoms with E-state index in [9.17, 15) is 22.8 Å². The number of nitrogens with one attached hydrogen (secondary N) is 2. The number of unbranched alkanes of at least 4 members (excludes halogenated alkanes) is 2. The fourth-order valence-corrected chi connectivity index (χ4v) is 8.59. The highest BCUT2D eigenvalue weighted by atomic mass is 32.2. The molecule has 0 unspecified atom stereocenters. The molecule has 2 N–H and O–H groups in total. The molecule has 53 heavy (non-hydrogen) atoms. The van der Waals surface area contributed by atoms with E-state index in [0.29, 0.717) is 35.5 Å². The fraction of sp³-hybridized carbons (Fsp3) is 0.475. The Morgan fingerprint density at radius 1 is 0.981 bits per heavy atom. The third kappa shape index (κ3) is 11.2. The number of rotatable bonds is 16. The summed E-state index contributed by atoms with van der Waals surface area (Å²) in [6.45, 7) is 9.09. The topological polar surface area (TPSA) is 134 Å². The van der Waals surface area contributed by atoms with E-state index in [2.05, 4.69) is 28.8 Å². The van der Waals surface area contributed by atoms with Gasteiger partial charge in [-0.05, 0) is 63.6 Å². The van der Waals surface area contributed by atoms with Crippen LogP contribution < -0.4 is 19.7 Å². The molecule has 0 fully saturated rings. The summed E-state index contributed by atoms with van der Waals surface area (Å²) < 4.78 is 43.3. The first-order valence-electron chi connectivity index (χ1n) is 18.1. The highest BCUT2D eigenvalue weighted by molar-refractivity contribution is 7.98. The fourth-order valence-electron chi connectivity index (χ4n) is 6.39. The molecule has 1 aliphatic rings. The van der Waals surface area contributed by atoms with Crippen molar-refractivity contribution in [2.24, 2.45) is 0 Å². The summed E-state index contributed by atoms with van der Waals surface area (Å²) in [5.41, 5.74) is 0.500. The van der Waals surface area contributed by atoms with Crippen molar-refractivity contribution in [3.05, 3.63) is 78.4 Å². The van der Waals surface area contributed by atoms with Crippen LogP contribution in [0.2, 0.25) is 0 Å². The maximum atomic E-state index is 14.3. The smallest absolute Gasteiger partial charge is 0.326 e. The zero-order valence-electron chi connectivity index (χ0n) is 31.9. The zero-order chi connectivity index (χ0) is 38.8. The summed E-state index contributed by atoms with van der Waals surface area (Å²) in [6, 6.07) is 20.7. The predicted octanol–water partition coefficient (Wildman–Crippen LogP) is 6.99. The van der Waals surface area contributed by atoms with Gasteiger partial charge in [-0.25, -0.2) is 13.1 Å². The number of nitrogens with zero attached hydrogens (tertiary/aromatic N) is 2. The summed E-state index contributed by atoms with van der Waals surface area (Å²) in [4.78, 5) is 43.6. The number of fused-ring (bicyclic) bond motifs is 1. The van der Waals surface area contributed by atoms with E-state index >= 15 is 0 Å². The van der Waals surface area contributed by atoms with Gasteiger partial charge in [0.2, 0.25) is 15.9 Å². The van der Waals surface area contributed by atoms with Crippen molar-refractivity contribution in [1.82, 2.24) is 14.9 Å². The second-order valence-electron chi connectivity index (χ2n) is 14.5. The van der Waals surface area contributed by atoms with E-state index in [1.807, 2.05) is 42.7 Å². The monoisotopic (exact) mass is 766 g/mol. The molecule has 3 aromatic rings. The quantitative estimate of drug-likeness (QED) is 0.117. The van der Waals surface area contributed by atoms with Gasteiger partial charge in [0.05, 0.1) is 16.1 Å². The van der Waals surface area contributed by atoms with Crippen LogP contribution in [0.1, 0.15) is 84.7 Å². The van der Waals surface area contributed by atoms with Crippen LogP contribution in [-0.4, -0.2) is 75.2 Å². The van der Waals surface area contributed by atoms with E-state index in [0.717, 1.165) is 31.4 Å². The summed E-state index contributed by atoms with van der Waals surface area (Å²) >= 11 is 1.38. The zero-order valence-corrected chi connectivity index (χ0v) is 33.6. The van der Waals surface area contributed by atoms with Gasteiger partial charge in [-0.15, -0.1) is 11.8 Å². The Hall–Kier alpha value is -4.07. The molecular formula is C40H54N4O7S2. The summed E-state index contributed by atoms with van der Waals surface area (Å²) in [5, 5.41) is 2.76. The van der Waals surface area contributed by atoms with Gasteiger partial charge >= 0.3 is 5.97 Å². The summed E-state index contributed by atoms with van der Waals surface area (Å²) in [5.74, 6) is -1.47. The van der Waals surface area contributed by atoms with Crippen molar-refractivity contribution in [1.29, 1.82) is 0 Å². The number of esters is 1. The van der Waals surface area contributed by atoms with Crippen LogP contribution in [0.3, 0.4) is 0 Å². The first-order valence-corrected chi connectivity index (χ1v) is 20.8. The number of carbonyl (C=O) groups is 3. The molecular weight excluding hydrogens is 713 g/mol. The van der Waals surface area contributed by atoms with Crippen LogP contribution in [0, 0.1) is 0 Å². The van der Waals surface area contributed by atoms with Crippen LogP contribution in [-0.2, 0) is 29.1 Å². The lowest BCUT2D eigenvalue weighted by Crippen LogP contribution is -2.53. The van der Waals surface area contributed by atoms with Crippen molar-refractivity contribution < 1.29 is 32.3 Å². The highest BCUT2D eigenvalue weighted by Gasteiger charge is 2.42. The molecule has 288 valence electrons. The number of sulfonamides is 1.